The molecule has 10 heteroatoms. The molecule has 2 aromatic carbocycles. The largest absolute Gasteiger partial charge is 0.340 e. The van der Waals surface area contributed by atoms with Crippen LogP contribution in [0.4, 0.5) is 11.5 Å². The first-order chi connectivity index (χ1) is 17.1. The Kier molecular flexibility index (Phi) is 7.49. The highest BCUT2D eigenvalue weighted by molar-refractivity contribution is 7.89. The van der Waals surface area contributed by atoms with Crippen molar-refractivity contribution in [2.45, 2.75) is 25.6 Å². The Morgan fingerprint density at radius 1 is 1.06 bits per heavy atom. The van der Waals surface area contributed by atoms with Crippen LogP contribution in [0.3, 0.4) is 0 Å². The summed E-state index contributed by atoms with van der Waals surface area (Å²) in [5.74, 6) is 0.748. The predicted molar refractivity (Wildman–Crippen MR) is 148 cm³/mol. The molecule has 2 aromatic heterocycles. The van der Waals surface area contributed by atoms with E-state index in [9.17, 15) is 8.42 Å². The summed E-state index contributed by atoms with van der Waals surface area (Å²) in [7, 11) is 1.16. The van der Waals surface area contributed by atoms with Crippen LogP contribution in [0.5, 0.6) is 0 Å². The second-order valence-corrected chi connectivity index (χ2v) is 11.8. The van der Waals surface area contributed by atoms with Gasteiger partial charge < -0.3 is 10.2 Å². The van der Waals surface area contributed by atoms with E-state index in [-0.39, 0.29) is 10.3 Å². The van der Waals surface area contributed by atoms with Crippen molar-refractivity contribution in [2.24, 2.45) is 5.41 Å². The Labute approximate surface area is 214 Å². The van der Waals surface area contributed by atoms with E-state index >= 15 is 0 Å². The summed E-state index contributed by atoms with van der Waals surface area (Å²) in [5, 5.41) is 7.92. The van der Waals surface area contributed by atoms with Crippen molar-refractivity contribution in [3.05, 3.63) is 66.9 Å². The Hall–Kier alpha value is -3.21. The summed E-state index contributed by atoms with van der Waals surface area (Å²) in [4.78, 5) is 7.13. The van der Waals surface area contributed by atoms with Gasteiger partial charge in [0.2, 0.25) is 10.0 Å². The maximum absolute atomic E-state index is 12.9. The van der Waals surface area contributed by atoms with Crippen molar-refractivity contribution in [3.63, 3.8) is 0 Å². The fourth-order valence-electron chi connectivity index (χ4n) is 4.25. The molecule has 0 fully saturated rings. The molecule has 0 amide bonds. The highest BCUT2D eigenvalue weighted by Gasteiger charge is 2.23. The van der Waals surface area contributed by atoms with Gasteiger partial charge in [0.15, 0.2) is 12.9 Å². The first-order valence-corrected chi connectivity index (χ1v) is 13.5. The summed E-state index contributed by atoms with van der Waals surface area (Å²) >= 11 is 0. The van der Waals surface area contributed by atoms with Crippen LogP contribution < -0.4 is 15.5 Å². The van der Waals surface area contributed by atoms with Crippen LogP contribution in [0.2, 0.25) is 6.82 Å². The molecule has 4 aromatic rings. The van der Waals surface area contributed by atoms with Crippen molar-refractivity contribution in [1.82, 2.24) is 24.2 Å². The molecule has 0 atom stereocenters. The molecule has 8 nitrogen and oxygen atoms in total. The van der Waals surface area contributed by atoms with E-state index in [1.807, 2.05) is 70.5 Å². The molecule has 0 aliphatic rings. The maximum atomic E-state index is 12.9. The Morgan fingerprint density at radius 3 is 2.39 bits per heavy atom. The molecule has 36 heavy (non-hydrogen) atoms. The Balaban J connectivity index is 1.58. The number of fused-ring (bicyclic) bond motifs is 1. The number of nitrogens with one attached hydrogen (secondary N) is 2. The van der Waals surface area contributed by atoms with Gasteiger partial charge in [0.25, 0.3) is 0 Å². The van der Waals surface area contributed by atoms with Crippen LogP contribution in [0.25, 0.3) is 16.9 Å². The van der Waals surface area contributed by atoms with E-state index in [0.29, 0.717) is 6.54 Å². The van der Waals surface area contributed by atoms with Gasteiger partial charge in [-0.15, -0.1) is 0 Å². The molecule has 0 aliphatic heterocycles. The van der Waals surface area contributed by atoms with Crippen LogP contribution in [0, 0.1) is 5.41 Å². The van der Waals surface area contributed by atoms with Gasteiger partial charge in [-0.2, -0.15) is 9.61 Å². The van der Waals surface area contributed by atoms with E-state index < -0.39 is 10.0 Å². The number of rotatable bonds is 10. The minimum Gasteiger partial charge on any atom is -0.340 e. The van der Waals surface area contributed by atoms with E-state index in [1.54, 1.807) is 28.8 Å². The third-order valence-electron chi connectivity index (χ3n) is 5.92. The van der Waals surface area contributed by atoms with Crippen LogP contribution in [-0.2, 0) is 10.0 Å². The van der Waals surface area contributed by atoms with Gasteiger partial charge in [0, 0.05) is 36.6 Å². The lowest BCUT2D eigenvalue weighted by atomic mass is 9.75. The number of benzene rings is 2. The van der Waals surface area contributed by atoms with E-state index in [4.69, 9.17) is 4.98 Å². The number of hydrogen-bond acceptors (Lipinski definition) is 6. The second kappa shape index (κ2) is 10.4. The number of aromatic nitrogens is 3. The van der Waals surface area contributed by atoms with Crippen LogP contribution >= 0.6 is 0 Å². The molecule has 0 unspecified atom stereocenters. The third-order valence-corrected chi connectivity index (χ3v) is 7.33. The average Bonchev–Trinajstić information content (AvgIpc) is 3.26. The Morgan fingerprint density at radius 2 is 1.75 bits per heavy atom. The number of sulfonamides is 1. The molecular formula is C26H33BN6O2S. The fourth-order valence-corrected chi connectivity index (χ4v) is 5.50. The smallest absolute Gasteiger partial charge is 0.240 e. The van der Waals surface area contributed by atoms with Gasteiger partial charge in [-0.3, -0.25) is 0 Å². The normalized spacial score (nSPS) is 12.3. The standard InChI is InChI=1S/C26H33BN6O2S/c1-26(2,18-32(4)5)17-29-36(34,35)21-13-11-20(12-14-21)30-24-15-23(19-9-7-6-8-10-19)31-25-22(27-3)16-28-33(24)25/h6-16,27,29-30H,17-18H2,1-5H3. The number of anilines is 2. The molecule has 2 heterocycles. The van der Waals surface area contributed by atoms with E-state index in [0.717, 1.165) is 47.7 Å². The molecule has 0 aliphatic carbocycles. The first kappa shape index (κ1) is 25.9. The zero-order chi connectivity index (χ0) is 25.9. The van der Waals surface area contributed by atoms with Crippen molar-refractivity contribution in [1.29, 1.82) is 0 Å². The minimum atomic E-state index is -3.62. The highest BCUT2D eigenvalue weighted by Crippen LogP contribution is 2.25. The lowest BCUT2D eigenvalue weighted by molar-refractivity contribution is 0.242. The molecule has 0 radical (unpaired) electrons. The summed E-state index contributed by atoms with van der Waals surface area (Å²) in [6.07, 6.45) is 1.83. The van der Waals surface area contributed by atoms with Gasteiger partial charge in [-0.1, -0.05) is 51.0 Å². The van der Waals surface area contributed by atoms with Crippen molar-refractivity contribution >= 4 is 39.9 Å². The second-order valence-electron chi connectivity index (χ2n) is 10.0. The van der Waals surface area contributed by atoms with Gasteiger partial charge in [0.05, 0.1) is 10.6 Å². The van der Waals surface area contributed by atoms with Crippen LogP contribution in [0.1, 0.15) is 13.8 Å². The average molecular weight is 504 g/mol. The fraction of sp³-hybridized carbons (Fsp3) is 0.308. The molecule has 2 N–H and O–H groups in total. The predicted octanol–water partition coefficient (Wildman–Crippen LogP) is 3.12. The Bertz CT molecular complexity index is 1430. The van der Waals surface area contributed by atoms with E-state index in [1.165, 1.54) is 0 Å². The highest BCUT2D eigenvalue weighted by atomic mass is 32.2. The number of hydrogen-bond donors (Lipinski definition) is 2. The topological polar surface area (TPSA) is 91.6 Å². The zero-order valence-electron chi connectivity index (χ0n) is 21.5. The molecule has 0 saturated carbocycles. The first-order valence-electron chi connectivity index (χ1n) is 12.0. The van der Waals surface area contributed by atoms with Crippen LogP contribution in [-0.4, -0.2) is 62.4 Å². The molecule has 0 bridgehead atoms. The minimum absolute atomic E-state index is 0.192. The molecule has 0 spiro atoms. The molecule has 0 saturated heterocycles. The summed E-state index contributed by atoms with van der Waals surface area (Å²) in [5.41, 5.74) is 4.26. The van der Waals surface area contributed by atoms with Crippen LogP contribution in [0.15, 0.2) is 71.8 Å². The SMILES string of the molecule is CBc1cnn2c(Nc3ccc(S(=O)(=O)NCC(C)(C)CN(C)C)cc3)cc(-c3ccccc3)nc12. The van der Waals surface area contributed by atoms with Crippen molar-refractivity contribution in [2.75, 3.05) is 32.5 Å². The van der Waals surface area contributed by atoms with Crippen molar-refractivity contribution < 1.29 is 8.42 Å². The van der Waals surface area contributed by atoms with Gasteiger partial charge in [-0.05, 0) is 49.2 Å². The maximum Gasteiger partial charge on any atom is 0.240 e. The summed E-state index contributed by atoms with van der Waals surface area (Å²) < 4.78 is 30.3. The third kappa shape index (κ3) is 5.95. The zero-order valence-corrected chi connectivity index (χ0v) is 22.3. The molecular weight excluding hydrogens is 471 g/mol. The van der Waals surface area contributed by atoms with Gasteiger partial charge in [-0.25, -0.2) is 18.1 Å². The number of nitrogens with zero attached hydrogens (tertiary/aromatic N) is 4. The summed E-state index contributed by atoms with van der Waals surface area (Å²) in [6, 6.07) is 18.7. The summed E-state index contributed by atoms with van der Waals surface area (Å²) in [6.45, 7) is 7.29. The molecule has 4 rings (SSSR count). The lowest BCUT2D eigenvalue weighted by Crippen LogP contribution is -2.39. The van der Waals surface area contributed by atoms with Gasteiger partial charge in [0.1, 0.15) is 5.82 Å². The van der Waals surface area contributed by atoms with Crippen molar-refractivity contribution in [3.8, 4) is 11.3 Å². The molecule has 188 valence electrons. The monoisotopic (exact) mass is 504 g/mol. The van der Waals surface area contributed by atoms with Gasteiger partial charge >= 0.3 is 0 Å². The van der Waals surface area contributed by atoms with E-state index in [2.05, 4.69) is 26.9 Å². The quantitative estimate of drug-likeness (QED) is 0.323. The lowest BCUT2D eigenvalue weighted by Gasteiger charge is -2.28.